The first-order valence-electron chi connectivity index (χ1n) is 13.3. The molecular formula is C29H38N6O3. The number of rotatable bonds is 14. The number of carbonyl (C=O) groups is 1. The second-order valence-electron chi connectivity index (χ2n) is 9.64. The standard InChI is InChI=1S/C29H38N6O3/c1-6-9-15-38-28-27-30-13-14-34(27)19-25(33-28)23-17-24(31-18-26(23)37-5)20(4)35(8-3)29(36)32-22(10-7-2)16-21-11-12-21/h6-7,13-14,17-22H,1-2,8-12,15-16H2,3-5H3,(H,32,36)/t20-,22?/m1/s1. The van der Waals surface area contributed by atoms with Gasteiger partial charge in [0.15, 0.2) is 0 Å². The largest absolute Gasteiger partial charge is 0.494 e. The fraction of sp³-hybridized carbons (Fsp3) is 0.448. The Morgan fingerprint density at radius 2 is 2.13 bits per heavy atom. The van der Waals surface area contributed by atoms with Gasteiger partial charge in [-0.3, -0.25) is 4.98 Å². The van der Waals surface area contributed by atoms with Crippen LogP contribution in [-0.4, -0.2) is 56.6 Å². The Balaban J connectivity index is 1.62. The van der Waals surface area contributed by atoms with Crippen molar-refractivity contribution in [3.8, 4) is 22.9 Å². The maximum absolute atomic E-state index is 13.3. The van der Waals surface area contributed by atoms with E-state index in [0.29, 0.717) is 48.5 Å². The topological polar surface area (TPSA) is 93.9 Å². The molecule has 0 bridgehead atoms. The van der Waals surface area contributed by atoms with Gasteiger partial charge in [0.25, 0.3) is 5.88 Å². The van der Waals surface area contributed by atoms with E-state index in [0.717, 1.165) is 24.1 Å². The van der Waals surface area contributed by atoms with Gasteiger partial charge >= 0.3 is 6.03 Å². The van der Waals surface area contributed by atoms with Gasteiger partial charge in [0.2, 0.25) is 5.65 Å². The van der Waals surface area contributed by atoms with Gasteiger partial charge in [-0.25, -0.2) is 14.8 Å². The third-order valence-corrected chi connectivity index (χ3v) is 6.88. The first kappa shape index (κ1) is 27.2. The van der Waals surface area contributed by atoms with Crippen molar-refractivity contribution in [1.29, 1.82) is 0 Å². The maximum Gasteiger partial charge on any atom is 0.318 e. The second-order valence-corrected chi connectivity index (χ2v) is 9.64. The molecule has 4 rings (SSSR count). The highest BCUT2D eigenvalue weighted by Crippen LogP contribution is 2.35. The van der Waals surface area contributed by atoms with E-state index in [9.17, 15) is 4.79 Å². The van der Waals surface area contributed by atoms with Crippen molar-refractivity contribution in [3.63, 3.8) is 0 Å². The summed E-state index contributed by atoms with van der Waals surface area (Å²) in [5, 5.41) is 3.23. The van der Waals surface area contributed by atoms with Crippen LogP contribution in [0.3, 0.4) is 0 Å². The monoisotopic (exact) mass is 518 g/mol. The molecule has 202 valence electrons. The van der Waals surface area contributed by atoms with E-state index in [-0.39, 0.29) is 18.1 Å². The van der Waals surface area contributed by atoms with Crippen molar-refractivity contribution in [2.24, 2.45) is 5.92 Å². The molecular weight excluding hydrogens is 480 g/mol. The Morgan fingerprint density at radius 3 is 2.82 bits per heavy atom. The lowest BCUT2D eigenvalue weighted by molar-refractivity contribution is 0.176. The van der Waals surface area contributed by atoms with Crippen LogP contribution in [0.15, 0.2) is 56.2 Å². The Bertz CT molecular complexity index is 1270. The molecule has 1 aliphatic rings. The van der Waals surface area contributed by atoms with Crippen LogP contribution in [-0.2, 0) is 0 Å². The van der Waals surface area contributed by atoms with Crippen molar-refractivity contribution < 1.29 is 14.3 Å². The molecule has 2 atom stereocenters. The number of hydrogen-bond donors (Lipinski definition) is 1. The fourth-order valence-corrected chi connectivity index (χ4v) is 4.60. The van der Waals surface area contributed by atoms with Crippen molar-refractivity contribution >= 4 is 11.7 Å². The van der Waals surface area contributed by atoms with Crippen LogP contribution in [0.5, 0.6) is 11.6 Å². The van der Waals surface area contributed by atoms with E-state index < -0.39 is 0 Å². The van der Waals surface area contributed by atoms with Crippen LogP contribution < -0.4 is 14.8 Å². The summed E-state index contributed by atoms with van der Waals surface area (Å²) in [7, 11) is 1.60. The van der Waals surface area contributed by atoms with Crippen molar-refractivity contribution in [2.45, 2.75) is 58.0 Å². The molecule has 3 aromatic heterocycles. The van der Waals surface area contributed by atoms with Gasteiger partial charge < -0.3 is 24.1 Å². The minimum absolute atomic E-state index is 0.0949. The number of aromatic nitrogens is 4. The van der Waals surface area contributed by atoms with E-state index >= 15 is 0 Å². The summed E-state index contributed by atoms with van der Waals surface area (Å²) in [4.78, 5) is 28.9. The zero-order chi connectivity index (χ0) is 27.1. The zero-order valence-electron chi connectivity index (χ0n) is 22.6. The lowest BCUT2D eigenvalue weighted by Gasteiger charge is -2.30. The number of methoxy groups -OCH3 is 1. The molecule has 1 unspecified atom stereocenters. The molecule has 0 aromatic carbocycles. The average molecular weight is 519 g/mol. The van der Waals surface area contributed by atoms with Gasteiger partial charge in [-0.1, -0.05) is 25.0 Å². The smallest absolute Gasteiger partial charge is 0.318 e. The highest BCUT2D eigenvalue weighted by molar-refractivity contribution is 5.75. The molecule has 2 amide bonds. The van der Waals surface area contributed by atoms with Crippen LogP contribution in [0.1, 0.15) is 57.7 Å². The van der Waals surface area contributed by atoms with E-state index in [1.807, 2.05) is 42.8 Å². The normalized spacial score (nSPS) is 14.5. The van der Waals surface area contributed by atoms with E-state index in [1.165, 1.54) is 12.8 Å². The maximum atomic E-state index is 13.3. The number of urea groups is 1. The lowest BCUT2D eigenvalue weighted by Crippen LogP contribution is -2.46. The van der Waals surface area contributed by atoms with Crippen LogP contribution in [0, 0.1) is 5.92 Å². The first-order valence-corrected chi connectivity index (χ1v) is 13.3. The molecule has 9 nitrogen and oxygen atoms in total. The summed E-state index contributed by atoms with van der Waals surface area (Å²) in [5.74, 6) is 1.72. The van der Waals surface area contributed by atoms with E-state index in [1.54, 1.807) is 30.5 Å². The number of ether oxygens (including phenoxy) is 2. The number of fused-ring (bicyclic) bond motifs is 1. The number of carbonyl (C=O) groups excluding carboxylic acids is 1. The van der Waals surface area contributed by atoms with Crippen molar-refractivity contribution in [1.82, 2.24) is 29.6 Å². The summed E-state index contributed by atoms with van der Waals surface area (Å²) >= 11 is 0. The van der Waals surface area contributed by atoms with Gasteiger partial charge in [0, 0.05) is 36.7 Å². The van der Waals surface area contributed by atoms with Gasteiger partial charge in [-0.2, -0.15) is 0 Å². The molecule has 0 radical (unpaired) electrons. The van der Waals surface area contributed by atoms with Crippen LogP contribution in [0.25, 0.3) is 16.9 Å². The Hall–Kier alpha value is -3.88. The predicted molar refractivity (Wildman–Crippen MR) is 148 cm³/mol. The third kappa shape index (κ3) is 6.33. The Labute approximate surface area is 224 Å². The molecule has 38 heavy (non-hydrogen) atoms. The van der Waals surface area contributed by atoms with Crippen LogP contribution in [0.4, 0.5) is 4.79 Å². The molecule has 0 spiro atoms. The Morgan fingerprint density at radius 1 is 1.32 bits per heavy atom. The number of nitrogens with one attached hydrogen (secondary N) is 1. The summed E-state index contributed by atoms with van der Waals surface area (Å²) < 4.78 is 13.4. The lowest BCUT2D eigenvalue weighted by atomic mass is 10.1. The number of amides is 2. The number of pyridine rings is 1. The van der Waals surface area contributed by atoms with E-state index in [2.05, 4.69) is 28.4 Å². The molecule has 1 fully saturated rings. The highest BCUT2D eigenvalue weighted by atomic mass is 16.5. The molecule has 3 aromatic rings. The fourth-order valence-electron chi connectivity index (χ4n) is 4.60. The van der Waals surface area contributed by atoms with Crippen LogP contribution in [0.2, 0.25) is 0 Å². The van der Waals surface area contributed by atoms with Crippen molar-refractivity contribution in [3.05, 3.63) is 61.9 Å². The SMILES string of the molecule is C=CCCOc1nc(-c2cc([C@@H](C)N(CC)C(=O)NC(CC=C)CC3CC3)ncc2OC)cn2ccnc12. The van der Waals surface area contributed by atoms with Gasteiger partial charge in [0.1, 0.15) is 5.75 Å². The van der Waals surface area contributed by atoms with E-state index in [4.69, 9.17) is 14.5 Å². The molecule has 1 saturated carbocycles. The molecule has 0 aliphatic heterocycles. The molecule has 1 aliphatic carbocycles. The molecule has 1 N–H and O–H groups in total. The highest BCUT2D eigenvalue weighted by Gasteiger charge is 2.28. The van der Waals surface area contributed by atoms with Gasteiger partial charge in [0.05, 0.1) is 37.3 Å². The first-order chi connectivity index (χ1) is 18.5. The summed E-state index contributed by atoms with van der Waals surface area (Å²) in [6.07, 6.45) is 15.7. The third-order valence-electron chi connectivity index (χ3n) is 6.88. The summed E-state index contributed by atoms with van der Waals surface area (Å²) in [5.41, 5.74) is 2.78. The number of nitrogens with zero attached hydrogens (tertiary/aromatic N) is 5. The van der Waals surface area contributed by atoms with Crippen LogP contribution >= 0.6 is 0 Å². The number of imidazole rings is 1. The Kier molecular flexibility index (Phi) is 8.99. The number of hydrogen-bond acceptors (Lipinski definition) is 6. The second kappa shape index (κ2) is 12.6. The molecule has 3 heterocycles. The summed E-state index contributed by atoms with van der Waals surface area (Å²) in [6, 6.07) is 1.67. The minimum Gasteiger partial charge on any atom is -0.494 e. The summed E-state index contributed by atoms with van der Waals surface area (Å²) in [6.45, 7) is 12.6. The molecule has 9 heteroatoms. The minimum atomic E-state index is -0.268. The van der Waals surface area contributed by atoms with Gasteiger partial charge in [-0.05, 0) is 45.1 Å². The average Bonchev–Trinajstić information content (AvgIpc) is 3.60. The predicted octanol–water partition coefficient (Wildman–Crippen LogP) is 5.59. The van der Waals surface area contributed by atoms with Crippen molar-refractivity contribution in [2.75, 3.05) is 20.3 Å². The zero-order valence-corrected chi connectivity index (χ0v) is 22.6. The molecule has 0 saturated heterocycles. The quantitative estimate of drug-likeness (QED) is 0.221. The van der Waals surface area contributed by atoms with Gasteiger partial charge in [-0.15, -0.1) is 13.2 Å².